The number of amides is 1. The zero-order valence-corrected chi connectivity index (χ0v) is 14.6. The van der Waals surface area contributed by atoms with E-state index in [1.807, 2.05) is 11.0 Å². The van der Waals surface area contributed by atoms with Gasteiger partial charge in [0.05, 0.1) is 18.9 Å². The number of benzene rings is 1. The molecule has 4 nitrogen and oxygen atoms in total. The third-order valence-corrected chi connectivity index (χ3v) is 6.30. The van der Waals surface area contributed by atoms with Crippen molar-refractivity contribution in [2.45, 2.75) is 25.2 Å². The third kappa shape index (κ3) is 2.88. The number of esters is 1. The van der Waals surface area contributed by atoms with Gasteiger partial charge in [-0.2, -0.15) is 0 Å². The van der Waals surface area contributed by atoms with Crippen molar-refractivity contribution in [3.63, 3.8) is 0 Å². The van der Waals surface area contributed by atoms with Gasteiger partial charge in [-0.3, -0.25) is 9.59 Å². The van der Waals surface area contributed by atoms with Crippen molar-refractivity contribution in [1.29, 1.82) is 0 Å². The largest absolute Gasteiger partial charge is 0.469 e. The quantitative estimate of drug-likeness (QED) is 0.628. The number of methoxy groups -OCH3 is 1. The molecule has 1 aliphatic heterocycles. The predicted octanol–water partition coefficient (Wildman–Crippen LogP) is 3.00. The summed E-state index contributed by atoms with van der Waals surface area (Å²) in [6.07, 6.45) is 7.13. The summed E-state index contributed by atoms with van der Waals surface area (Å²) in [4.78, 5) is 27.3. The number of allylic oxidation sites excluding steroid dienone is 2. The second-order valence-corrected chi connectivity index (χ2v) is 7.53. The Kier molecular flexibility index (Phi) is 4.36. The van der Waals surface area contributed by atoms with Crippen molar-refractivity contribution in [3.8, 4) is 0 Å². The van der Waals surface area contributed by atoms with Gasteiger partial charge >= 0.3 is 5.97 Å². The maximum Gasteiger partial charge on any atom is 0.310 e. The van der Waals surface area contributed by atoms with Crippen molar-refractivity contribution in [1.82, 2.24) is 4.90 Å². The maximum absolute atomic E-state index is 13.1. The molecule has 2 aliphatic carbocycles. The first-order chi connectivity index (χ1) is 12.2. The lowest BCUT2D eigenvalue weighted by atomic mass is 9.81. The van der Waals surface area contributed by atoms with E-state index < -0.39 is 0 Å². The Morgan fingerprint density at radius 2 is 1.64 bits per heavy atom. The first kappa shape index (κ1) is 16.4. The van der Waals surface area contributed by atoms with Gasteiger partial charge in [-0.1, -0.05) is 42.5 Å². The lowest BCUT2D eigenvalue weighted by Gasteiger charge is -2.36. The highest BCUT2D eigenvalue weighted by atomic mass is 16.5. The van der Waals surface area contributed by atoms with Crippen LogP contribution in [0.5, 0.6) is 0 Å². The molecule has 1 heterocycles. The fourth-order valence-electron chi connectivity index (χ4n) is 4.99. The average Bonchev–Trinajstić information content (AvgIpc) is 3.29. The SMILES string of the molecule is COC(=O)[C@@H]1[C@H](C(=O)N2CCC(c3ccccc3)CC2)[C@@H]2C=C[C@H]1C2. The van der Waals surface area contributed by atoms with Gasteiger partial charge in [-0.25, -0.2) is 0 Å². The molecule has 25 heavy (non-hydrogen) atoms. The summed E-state index contributed by atoms with van der Waals surface area (Å²) in [5, 5.41) is 0. The Morgan fingerprint density at radius 3 is 2.28 bits per heavy atom. The van der Waals surface area contributed by atoms with E-state index in [4.69, 9.17) is 4.74 Å². The number of ether oxygens (including phenoxy) is 1. The van der Waals surface area contributed by atoms with Gasteiger partial charge in [0.1, 0.15) is 0 Å². The zero-order chi connectivity index (χ0) is 17.4. The highest BCUT2D eigenvalue weighted by molar-refractivity contribution is 5.87. The van der Waals surface area contributed by atoms with Crippen LogP contribution in [0.25, 0.3) is 0 Å². The smallest absolute Gasteiger partial charge is 0.310 e. The lowest BCUT2D eigenvalue weighted by Crippen LogP contribution is -2.46. The standard InChI is InChI=1S/C21H25NO3/c1-25-21(24)19-17-8-7-16(13-17)18(19)20(23)22-11-9-15(10-12-22)14-5-3-2-4-6-14/h2-8,15-19H,9-13H2,1H3/t16-,17+,18-,19+/m1/s1. The number of hydrogen-bond donors (Lipinski definition) is 0. The van der Waals surface area contributed by atoms with Crippen LogP contribution in [0, 0.1) is 23.7 Å². The van der Waals surface area contributed by atoms with Crippen LogP contribution in [-0.2, 0) is 14.3 Å². The lowest BCUT2D eigenvalue weighted by molar-refractivity contribution is -0.154. The van der Waals surface area contributed by atoms with E-state index in [1.165, 1.54) is 12.7 Å². The predicted molar refractivity (Wildman–Crippen MR) is 94.7 cm³/mol. The van der Waals surface area contributed by atoms with Gasteiger partial charge < -0.3 is 9.64 Å². The van der Waals surface area contributed by atoms with Crippen LogP contribution >= 0.6 is 0 Å². The second-order valence-electron chi connectivity index (χ2n) is 7.53. The molecule has 1 amide bonds. The molecule has 4 heteroatoms. The Hall–Kier alpha value is -2.10. The summed E-state index contributed by atoms with van der Waals surface area (Å²) in [6.45, 7) is 1.56. The molecule has 2 bridgehead atoms. The van der Waals surface area contributed by atoms with Gasteiger partial charge in [0.2, 0.25) is 5.91 Å². The molecular weight excluding hydrogens is 314 g/mol. The van der Waals surface area contributed by atoms with E-state index in [-0.39, 0.29) is 35.5 Å². The number of rotatable bonds is 3. The summed E-state index contributed by atoms with van der Waals surface area (Å²) >= 11 is 0. The number of nitrogens with zero attached hydrogens (tertiary/aromatic N) is 1. The van der Waals surface area contributed by atoms with Crippen LogP contribution in [-0.4, -0.2) is 37.0 Å². The zero-order valence-electron chi connectivity index (χ0n) is 14.6. The number of fused-ring (bicyclic) bond motifs is 2. The van der Waals surface area contributed by atoms with E-state index >= 15 is 0 Å². The minimum atomic E-state index is -0.292. The maximum atomic E-state index is 13.1. The van der Waals surface area contributed by atoms with Gasteiger partial charge in [0.25, 0.3) is 0 Å². The molecule has 2 fully saturated rings. The van der Waals surface area contributed by atoms with Crippen molar-refractivity contribution in [3.05, 3.63) is 48.0 Å². The summed E-state index contributed by atoms with van der Waals surface area (Å²) in [6, 6.07) is 10.6. The fourth-order valence-corrected chi connectivity index (χ4v) is 4.99. The molecule has 132 valence electrons. The molecular formula is C21H25NO3. The number of carbonyl (C=O) groups is 2. The van der Waals surface area contributed by atoms with E-state index in [9.17, 15) is 9.59 Å². The number of piperidine rings is 1. The molecule has 1 aromatic carbocycles. The number of likely N-dealkylation sites (tertiary alicyclic amines) is 1. The van der Waals surface area contributed by atoms with Gasteiger partial charge in [0.15, 0.2) is 0 Å². The molecule has 1 saturated heterocycles. The molecule has 4 atom stereocenters. The molecule has 1 aromatic rings. The van der Waals surface area contributed by atoms with Crippen LogP contribution < -0.4 is 0 Å². The Labute approximate surface area is 148 Å². The van der Waals surface area contributed by atoms with E-state index in [0.29, 0.717) is 5.92 Å². The molecule has 3 aliphatic rings. The second kappa shape index (κ2) is 6.66. The van der Waals surface area contributed by atoms with Crippen LogP contribution in [0.4, 0.5) is 0 Å². The van der Waals surface area contributed by atoms with E-state index in [2.05, 4.69) is 36.4 Å². The highest BCUT2D eigenvalue weighted by Gasteiger charge is 2.53. The van der Waals surface area contributed by atoms with Crippen molar-refractivity contribution in [2.24, 2.45) is 23.7 Å². The summed E-state index contributed by atoms with van der Waals surface area (Å²) in [5.41, 5.74) is 1.37. The fraction of sp³-hybridized carbons (Fsp3) is 0.524. The monoisotopic (exact) mass is 339 g/mol. The third-order valence-electron chi connectivity index (χ3n) is 6.30. The number of hydrogen-bond acceptors (Lipinski definition) is 3. The minimum Gasteiger partial charge on any atom is -0.469 e. The molecule has 0 radical (unpaired) electrons. The highest BCUT2D eigenvalue weighted by Crippen LogP contribution is 2.49. The van der Waals surface area contributed by atoms with Crippen LogP contribution in [0.2, 0.25) is 0 Å². The van der Waals surface area contributed by atoms with Gasteiger partial charge in [-0.15, -0.1) is 0 Å². The average molecular weight is 339 g/mol. The van der Waals surface area contributed by atoms with Crippen molar-refractivity contribution < 1.29 is 14.3 Å². The Bertz CT molecular complexity index is 676. The molecule has 0 spiro atoms. The molecule has 1 saturated carbocycles. The topological polar surface area (TPSA) is 46.6 Å². The summed E-state index contributed by atoms with van der Waals surface area (Å²) in [7, 11) is 1.42. The van der Waals surface area contributed by atoms with E-state index in [0.717, 1.165) is 32.4 Å². The Morgan fingerprint density at radius 1 is 1.00 bits per heavy atom. The normalized spacial score (nSPS) is 31.3. The first-order valence-corrected chi connectivity index (χ1v) is 9.29. The number of carbonyl (C=O) groups excluding carboxylic acids is 2. The van der Waals surface area contributed by atoms with Crippen molar-refractivity contribution in [2.75, 3.05) is 20.2 Å². The summed E-state index contributed by atoms with van der Waals surface area (Å²) in [5.74, 6) is 0.312. The van der Waals surface area contributed by atoms with Crippen LogP contribution in [0.15, 0.2) is 42.5 Å². The minimum absolute atomic E-state index is 0.152. The van der Waals surface area contributed by atoms with Crippen LogP contribution in [0.3, 0.4) is 0 Å². The van der Waals surface area contributed by atoms with Gasteiger partial charge in [-0.05, 0) is 42.6 Å². The summed E-state index contributed by atoms with van der Waals surface area (Å²) < 4.78 is 4.99. The van der Waals surface area contributed by atoms with E-state index in [1.54, 1.807) is 0 Å². The Balaban J connectivity index is 1.44. The molecule has 0 unspecified atom stereocenters. The molecule has 4 rings (SSSR count). The molecule has 0 N–H and O–H groups in total. The van der Waals surface area contributed by atoms with Gasteiger partial charge in [0, 0.05) is 13.1 Å². The molecule has 0 aromatic heterocycles. The van der Waals surface area contributed by atoms with Crippen LogP contribution in [0.1, 0.15) is 30.7 Å². The first-order valence-electron chi connectivity index (χ1n) is 9.29. The van der Waals surface area contributed by atoms with Crippen molar-refractivity contribution >= 4 is 11.9 Å².